The van der Waals surface area contributed by atoms with E-state index in [1.54, 1.807) is 0 Å². The molecule has 0 atom stereocenters. The standard InChI is InChI=1S/C12H14N2O3S/c1-2-3-4-9-14-12(15)10-5-7-11(8-6-10)18(13,16)17/h1,5-8H,3-4,9H2,(H,14,15)(H2,13,16,17). The summed E-state index contributed by atoms with van der Waals surface area (Å²) in [6.07, 6.45) is 6.39. The van der Waals surface area contributed by atoms with E-state index in [2.05, 4.69) is 11.2 Å². The zero-order valence-electron chi connectivity index (χ0n) is 9.72. The van der Waals surface area contributed by atoms with Gasteiger partial charge in [-0.15, -0.1) is 12.3 Å². The van der Waals surface area contributed by atoms with Crippen molar-refractivity contribution < 1.29 is 13.2 Å². The number of amides is 1. The normalized spacial score (nSPS) is 10.7. The van der Waals surface area contributed by atoms with Crippen LogP contribution >= 0.6 is 0 Å². The summed E-state index contributed by atoms with van der Waals surface area (Å²) < 4.78 is 22.0. The largest absolute Gasteiger partial charge is 0.352 e. The van der Waals surface area contributed by atoms with E-state index in [9.17, 15) is 13.2 Å². The lowest BCUT2D eigenvalue weighted by atomic mass is 10.2. The first kappa shape index (κ1) is 14.2. The first-order valence-corrected chi connectivity index (χ1v) is 6.84. The highest BCUT2D eigenvalue weighted by Gasteiger charge is 2.09. The molecule has 18 heavy (non-hydrogen) atoms. The van der Waals surface area contributed by atoms with E-state index >= 15 is 0 Å². The number of benzene rings is 1. The highest BCUT2D eigenvalue weighted by molar-refractivity contribution is 7.89. The molecule has 0 unspecified atom stereocenters. The predicted molar refractivity (Wildman–Crippen MR) is 68.2 cm³/mol. The van der Waals surface area contributed by atoms with Crippen LogP contribution < -0.4 is 10.5 Å². The first-order valence-electron chi connectivity index (χ1n) is 5.29. The number of carbonyl (C=O) groups excluding carboxylic acids is 1. The Kier molecular flexibility index (Phi) is 4.89. The molecule has 1 rings (SSSR count). The summed E-state index contributed by atoms with van der Waals surface area (Å²) in [6.45, 7) is 0.486. The molecule has 0 aliphatic carbocycles. The minimum Gasteiger partial charge on any atom is -0.352 e. The lowest BCUT2D eigenvalue weighted by Crippen LogP contribution is -2.24. The monoisotopic (exact) mass is 266 g/mol. The third kappa shape index (κ3) is 4.20. The molecule has 6 heteroatoms. The molecule has 0 radical (unpaired) electrons. The molecule has 0 spiro atoms. The van der Waals surface area contributed by atoms with E-state index in [0.29, 0.717) is 24.9 Å². The van der Waals surface area contributed by atoms with Gasteiger partial charge in [-0.25, -0.2) is 13.6 Å². The van der Waals surface area contributed by atoms with Gasteiger partial charge in [0.15, 0.2) is 0 Å². The number of unbranched alkanes of at least 4 members (excludes halogenated alkanes) is 1. The molecule has 0 bridgehead atoms. The SMILES string of the molecule is C#CCCCNC(=O)c1ccc(S(N)(=O)=O)cc1. The van der Waals surface area contributed by atoms with Crippen LogP contribution in [-0.2, 0) is 10.0 Å². The smallest absolute Gasteiger partial charge is 0.251 e. The minimum atomic E-state index is -3.72. The molecule has 1 amide bonds. The Morgan fingerprint density at radius 3 is 2.44 bits per heavy atom. The summed E-state index contributed by atoms with van der Waals surface area (Å²) in [7, 11) is -3.72. The van der Waals surface area contributed by atoms with E-state index in [4.69, 9.17) is 11.6 Å². The summed E-state index contributed by atoms with van der Waals surface area (Å²) >= 11 is 0. The Balaban J connectivity index is 2.63. The van der Waals surface area contributed by atoms with Crippen LogP contribution in [0.15, 0.2) is 29.2 Å². The van der Waals surface area contributed by atoms with Crippen LogP contribution in [0.5, 0.6) is 0 Å². The van der Waals surface area contributed by atoms with E-state index in [1.807, 2.05) is 0 Å². The fraction of sp³-hybridized carbons (Fsp3) is 0.250. The lowest BCUT2D eigenvalue weighted by Gasteiger charge is -2.04. The molecule has 0 aliphatic heterocycles. The highest BCUT2D eigenvalue weighted by atomic mass is 32.2. The van der Waals surface area contributed by atoms with E-state index in [0.717, 1.165) is 0 Å². The van der Waals surface area contributed by atoms with Gasteiger partial charge in [-0.1, -0.05) is 0 Å². The molecule has 96 valence electrons. The number of terminal acetylenes is 1. The van der Waals surface area contributed by atoms with Crippen LogP contribution in [-0.4, -0.2) is 20.9 Å². The van der Waals surface area contributed by atoms with Crippen molar-refractivity contribution in [1.82, 2.24) is 5.32 Å². The van der Waals surface area contributed by atoms with Gasteiger partial charge in [0.25, 0.3) is 5.91 Å². The van der Waals surface area contributed by atoms with Gasteiger partial charge in [0.05, 0.1) is 4.90 Å². The Labute approximate surface area is 106 Å². The number of hydrogen-bond donors (Lipinski definition) is 2. The van der Waals surface area contributed by atoms with E-state index in [1.165, 1.54) is 24.3 Å². The first-order chi connectivity index (χ1) is 8.45. The molecular formula is C12H14N2O3S. The van der Waals surface area contributed by atoms with Crippen LogP contribution in [0, 0.1) is 12.3 Å². The quantitative estimate of drug-likeness (QED) is 0.600. The van der Waals surface area contributed by atoms with Crippen molar-refractivity contribution in [3.05, 3.63) is 29.8 Å². The van der Waals surface area contributed by atoms with Gasteiger partial charge in [-0.05, 0) is 30.7 Å². The third-order valence-electron chi connectivity index (χ3n) is 2.23. The molecule has 0 aliphatic rings. The maximum absolute atomic E-state index is 11.6. The number of nitrogens with one attached hydrogen (secondary N) is 1. The Morgan fingerprint density at radius 2 is 1.94 bits per heavy atom. The molecule has 3 N–H and O–H groups in total. The van der Waals surface area contributed by atoms with Gasteiger partial charge in [0.1, 0.15) is 0 Å². The summed E-state index contributed by atoms with van der Waals surface area (Å²) in [6, 6.07) is 5.42. The van der Waals surface area contributed by atoms with Gasteiger partial charge < -0.3 is 5.32 Å². The van der Waals surface area contributed by atoms with Crippen LogP contribution in [0.25, 0.3) is 0 Å². The number of primary sulfonamides is 1. The van der Waals surface area contributed by atoms with E-state index < -0.39 is 10.0 Å². The maximum Gasteiger partial charge on any atom is 0.251 e. The summed E-state index contributed by atoms with van der Waals surface area (Å²) in [5, 5.41) is 7.63. The topological polar surface area (TPSA) is 89.3 Å². The second-order valence-electron chi connectivity index (χ2n) is 3.63. The second kappa shape index (κ2) is 6.19. The number of sulfonamides is 1. The number of carbonyl (C=O) groups is 1. The van der Waals surface area contributed by atoms with Crippen LogP contribution in [0.2, 0.25) is 0 Å². The molecule has 0 fully saturated rings. The molecule has 1 aromatic carbocycles. The summed E-state index contributed by atoms with van der Waals surface area (Å²) in [4.78, 5) is 11.6. The molecule has 0 aromatic heterocycles. The molecule has 0 saturated heterocycles. The van der Waals surface area contributed by atoms with Crippen molar-refractivity contribution in [1.29, 1.82) is 0 Å². The van der Waals surface area contributed by atoms with Crippen LogP contribution in [0.1, 0.15) is 23.2 Å². The molecule has 0 saturated carbocycles. The van der Waals surface area contributed by atoms with Gasteiger partial charge in [0.2, 0.25) is 10.0 Å². The van der Waals surface area contributed by atoms with Gasteiger partial charge >= 0.3 is 0 Å². The molecule has 0 heterocycles. The van der Waals surface area contributed by atoms with Crippen molar-refractivity contribution in [2.75, 3.05) is 6.54 Å². The minimum absolute atomic E-state index is 0.0219. The van der Waals surface area contributed by atoms with Crippen LogP contribution in [0.3, 0.4) is 0 Å². The zero-order chi connectivity index (χ0) is 13.6. The number of nitrogens with two attached hydrogens (primary N) is 1. The van der Waals surface area contributed by atoms with Crippen molar-refractivity contribution in [2.24, 2.45) is 5.14 Å². The molecular weight excluding hydrogens is 252 g/mol. The average molecular weight is 266 g/mol. The number of rotatable bonds is 5. The second-order valence-corrected chi connectivity index (χ2v) is 5.19. The van der Waals surface area contributed by atoms with Gasteiger partial charge in [-0.2, -0.15) is 0 Å². The Bertz CT molecular complexity index is 556. The van der Waals surface area contributed by atoms with Crippen molar-refractivity contribution >= 4 is 15.9 Å². The van der Waals surface area contributed by atoms with E-state index in [-0.39, 0.29) is 10.8 Å². The zero-order valence-corrected chi connectivity index (χ0v) is 10.5. The fourth-order valence-corrected chi connectivity index (χ4v) is 1.81. The number of hydrogen-bond acceptors (Lipinski definition) is 3. The van der Waals surface area contributed by atoms with Gasteiger partial charge in [-0.3, -0.25) is 4.79 Å². The maximum atomic E-state index is 11.6. The van der Waals surface area contributed by atoms with Gasteiger partial charge in [0, 0.05) is 18.5 Å². The molecule has 1 aromatic rings. The van der Waals surface area contributed by atoms with Crippen molar-refractivity contribution in [2.45, 2.75) is 17.7 Å². The fourth-order valence-electron chi connectivity index (χ4n) is 1.29. The predicted octanol–water partition coefficient (Wildman–Crippen LogP) is 0.477. The van der Waals surface area contributed by atoms with Crippen molar-refractivity contribution in [3.8, 4) is 12.3 Å². The molecule has 5 nitrogen and oxygen atoms in total. The summed E-state index contributed by atoms with van der Waals surface area (Å²) in [5.74, 6) is 2.20. The Hall–Kier alpha value is -1.84. The third-order valence-corrected chi connectivity index (χ3v) is 3.16. The lowest BCUT2D eigenvalue weighted by molar-refractivity contribution is 0.0953. The van der Waals surface area contributed by atoms with Crippen molar-refractivity contribution in [3.63, 3.8) is 0 Å². The average Bonchev–Trinajstić information content (AvgIpc) is 2.33. The Morgan fingerprint density at radius 1 is 1.33 bits per heavy atom. The van der Waals surface area contributed by atoms with Crippen LogP contribution in [0.4, 0.5) is 0 Å². The summed E-state index contributed by atoms with van der Waals surface area (Å²) in [5.41, 5.74) is 0.378. The highest BCUT2D eigenvalue weighted by Crippen LogP contribution is 2.08.